The molecule has 2 nitrogen and oxygen atoms in total. The molecule has 0 aliphatic heterocycles. The van der Waals surface area contributed by atoms with Gasteiger partial charge in [-0.1, -0.05) is 18.7 Å². The standard InChI is InChI=1S/C6H6F6O2S/c1-2-15-6(11,12)4(7,3(13)14)5(8,9)10/h2H2,1H3,(H,13,14). The maximum absolute atomic E-state index is 12.9. The average Bonchev–Trinajstić information content (AvgIpc) is 1.99. The highest BCUT2D eigenvalue weighted by atomic mass is 32.2. The Hall–Kier alpha value is -0.600. The van der Waals surface area contributed by atoms with Gasteiger partial charge in [-0.2, -0.15) is 22.0 Å². The number of carboxylic acids is 1. The highest BCUT2D eigenvalue weighted by Crippen LogP contribution is 2.50. The number of halogens is 6. The molecule has 0 bridgehead atoms. The van der Waals surface area contributed by atoms with Gasteiger partial charge in [0, 0.05) is 0 Å². The Kier molecular flexibility index (Phi) is 3.94. The van der Waals surface area contributed by atoms with Gasteiger partial charge in [0.1, 0.15) is 0 Å². The second-order valence-electron chi connectivity index (χ2n) is 2.41. The largest absolute Gasteiger partial charge is 0.478 e. The molecule has 1 N–H and O–H groups in total. The minimum absolute atomic E-state index is 0.554. The Bertz CT molecular complexity index is 252. The van der Waals surface area contributed by atoms with Crippen LogP contribution in [0, 0.1) is 0 Å². The zero-order valence-electron chi connectivity index (χ0n) is 7.24. The summed E-state index contributed by atoms with van der Waals surface area (Å²) in [5, 5.41) is 2.88. The fraction of sp³-hybridized carbons (Fsp3) is 0.833. The lowest BCUT2D eigenvalue weighted by Gasteiger charge is -2.30. The maximum atomic E-state index is 12.9. The third-order valence-electron chi connectivity index (χ3n) is 1.41. The number of alkyl halides is 6. The molecular weight excluding hydrogens is 250 g/mol. The quantitative estimate of drug-likeness (QED) is 0.786. The van der Waals surface area contributed by atoms with E-state index in [2.05, 4.69) is 0 Å². The molecule has 15 heavy (non-hydrogen) atoms. The van der Waals surface area contributed by atoms with Crippen LogP contribution in [0.1, 0.15) is 6.92 Å². The second kappa shape index (κ2) is 4.11. The molecule has 0 saturated heterocycles. The summed E-state index contributed by atoms with van der Waals surface area (Å²) >= 11 is -0.713. The van der Waals surface area contributed by atoms with Gasteiger partial charge in [-0.25, -0.2) is 9.18 Å². The van der Waals surface area contributed by atoms with Gasteiger partial charge in [0.15, 0.2) is 0 Å². The highest BCUT2D eigenvalue weighted by Gasteiger charge is 2.76. The summed E-state index contributed by atoms with van der Waals surface area (Å²) in [5.41, 5.74) is -5.57. The maximum Gasteiger partial charge on any atom is 0.440 e. The minimum Gasteiger partial charge on any atom is -0.478 e. The number of rotatable bonds is 4. The first-order chi connectivity index (χ1) is 6.50. The van der Waals surface area contributed by atoms with Crippen molar-refractivity contribution in [1.82, 2.24) is 0 Å². The zero-order valence-corrected chi connectivity index (χ0v) is 8.06. The third-order valence-corrected chi connectivity index (χ3v) is 2.34. The minimum atomic E-state index is -6.18. The molecule has 0 spiro atoms. The number of hydrogen-bond donors (Lipinski definition) is 1. The van der Waals surface area contributed by atoms with E-state index in [1.165, 1.54) is 0 Å². The molecule has 0 rings (SSSR count). The van der Waals surface area contributed by atoms with Crippen LogP contribution in [0.3, 0.4) is 0 Å². The van der Waals surface area contributed by atoms with Crippen molar-refractivity contribution in [2.75, 3.05) is 5.75 Å². The summed E-state index contributed by atoms with van der Waals surface area (Å²) in [4.78, 5) is 10.0. The predicted octanol–water partition coefficient (Wildman–Crippen LogP) is 2.69. The van der Waals surface area contributed by atoms with Crippen LogP contribution >= 0.6 is 11.8 Å². The Morgan fingerprint density at radius 3 is 1.80 bits per heavy atom. The van der Waals surface area contributed by atoms with Gasteiger partial charge in [0.05, 0.1) is 0 Å². The SMILES string of the molecule is CCSC(F)(F)C(F)(C(=O)O)C(F)(F)F. The van der Waals surface area contributed by atoms with E-state index in [4.69, 9.17) is 5.11 Å². The van der Waals surface area contributed by atoms with Crippen molar-refractivity contribution in [1.29, 1.82) is 0 Å². The first-order valence-corrected chi connectivity index (χ1v) is 4.50. The molecule has 0 aliphatic rings. The molecule has 0 amide bonds. The molecule has 0 aromatic rings. The summed E-state index contributed by atoms with van der Waals surface area (Å²) in [6.45, 7) is 1.05. The number of thioether (sulfide) groups is 1. The van der Waals surface area contributed by atoms with E-state index >= 15 is 0 Å². The van der Waals surface area contributed by atoms with Crippen molar-refractivity contribution in [3.05, 3.63) is 0 Å². The lowest BCUT2D eigenvalue weighted by atomic mass is 10.1. The molecule has 0 aromatic heterocycles. The summed E-state index contributed by atoms with van der Waals surface area (Å²) in [7, 11) is 0. The number of aliphatic carboxylic acids is 1. The van der Waals surface area contributed by atoms with E-state index in [0.29, 0.717) is 0 Å². The van der Waals surface area contributed by atoms with Crippen LogP contribution in [0.2, 0.25) is 0 Å². The van der Waals surface area contributed by atoms with Gasteiger partial charge in [-0.3, -0.25) is 0 Å². The van der Waals surface area contributed by atoms with Crippen LogP contribution in [-0.2, 0) is 4.79 Å². The van der Waals surface area contributed by atoms with Crippen molar-refractivity contribution in [3.63, 3.8) is 0 Å². The van der Waals surface area contributed by atoms with E-state index in [0.717, 1.165) is 6.92 Å². The molecule has 0 heterocycles. The molecule has 1 atom stereocenters. The highest BCUT2D eigenvalue weighted by molar-refractivity contribution is 8.00. The molecule has 0 saturated carbocycles. The van der Waals surface area contributed by atoms with Crippen molar-refractivity contribution in [3.8, 4) is 0 Å². The van der Waals surface area contributed by atoms with Gasteiger partial charge < -0.3 is 5.11 Å². The average molecular weight is 256 g/mol. The van der Waals surface area contributed by atoms with E-state index in [9.17, 15) is 31.1 Å². The fourth-order valence-corrected chi connectivity index (χ4v) is 1.46. The lowest BCUT2D eigenvalue weighted by Crippen LogP contribution is -2.59. The summed E-state index contributed by atoms with van der Waals surface area (Å²) in [6, 6.07) is 0. The fourth-order valence-electron chi connectivity index (χ4n) is 0.691. The Morgan fingerprint density at radius 1 is 1.20 bits per heavy atom. The van der Waals surface area contributed by atoms with E-state index in [1.54, 1.807) is 0 Å². The van der Waals surface area contributed by atoms with Gasteiger partial charge in [-0.15, -0.1) is 0 Å². The molecule has 0 aromatic carbocycles. The normalized spacial score (nSPS) is 17.3. The van der Waals surface area contributed by atoms with Gasteiger partial charge >= 0.3 is 23.1 Å². The smallest absolute Gasteiger partial charge is 0.440 e. The number of hydrogen-bond acceptors (Lipinski definition) is 2. The number of carboxylic acid groups (broad SMARTS) is 1. The summed E-state index contributed by atoms with van der Waals surface area (Å²) in [5.74, 6) is -3.80. The van der Waals surface area contributed by atoms with Crippen molar-refractivity contribution >= 4 is 17.7 Å². The Balaban J connectivity index is 5.40. The Morgan fingerprint density at radius 2 is 1.60 bits per heavy atom. The molecule has 0 aliphatic carbocycles. The van der Waals surface area contributed by atoms with Crippen LogP contribution < -0.4 is 0 Å². The molecular formula is C6H6F6O2S. The summed E-state index contributed by atoms with van der Waals surface area (Å²) in [6.07, 6.45) is -6.18. The first-order valence-electron chi connectivity index (χ1n) is 3.51. The van der Waals surface area contributed by atoms with Gasteiger partial charge in [-0.05, 0) is 5.75 Å². The van der Waals surface area contributed by atoms with E-state index in [-0.39, 0.29) is 0 Å². The topological polar surface area (TPSA) is 37.3 Å². The van der Waals surface area contributed by atoms with Gasteiger partial charge in [0.2, 0.25) is 0 Å². The molecule has 9 heteroatoms. The Labute approximate surface area is 84.6 Å². The van der Waals surface area contributed by atoms with Crippen LogP contribution in [0.15, 0.2) is 0 Å². The summed E-state index contributed by atoms with van der Waals surface area (Å²) < 4.78 is 74.1. The first kappa shape index (κ1) is 14.4. The third kappa shape index (κ3) is 2.32. The van der Waals surface area contributed by atoms with Crippen LogP contribution in [0.25, 0.3) is 0 Å². The molecule has 90 valence electrons. The molecule has 0 radical (unpaired) electrons. The molecule has 1 unspecified atom stereocenters. The van der Waals surface area contributed by atoms with Crippen molar-refractivity contribution in [2.45, 2.75) is 24.0 Å². The van der Waals surface area contributed by atoms with E-state index < -0.39 is 40.6 Å². The number of carbonyl (C=O) groups is 1. The predicted molar refractivity (Wildman–Crippen MR) is 40.6 cm³/mol. The van der Waals surface area contributed by atoms with Crippen LogP contribution in [0.5, 0.6) is 0 Å². The van der Waals surface area contributed by atoms with E-state index in [1.807, 2.05) is 0 Å². The monoisotopic (exact) mass is 256 g/mol. The zero-order chi connectivity index (χ0) is 12.5. The lowest BCUT2D eigenvalue weighted by molar-refractivity contribution is -0.273. The molecule has 0 fully saturated rings. The van der Waals surface area contributed by atoms with Crippen LogP contribution in [0.4, 0.5) is 26.3 Å². The van der Waals surface area contributed by atoms with Crippen molar-refractivity contribution in [2.24, 2.45) is 0 Å². The van der Waals surface area contributed by atoms with Crippen molar-refractivity contribution < 1.29 is 36.2 Å². The van der Waals surface area contributed by atoms with Gasteiger partial charge in [0.25, 0.3) is 0 Å². The van der Waals surface area contributed by atoms with Crippen LogP contribution in [-0.4, -0.2) is 33.9 Å². The second-order valence-corrected chi connectivity index (χ2v) is 3.79.